The highest BCUT2D eigenvalue weighted by atomic mass is 35.5. The lowest BCUT2D eigenvalue weighted by Gasteiger charge is -2.19. The molecule has 25 heavy (non-hydrogen) atoms. The Morgan fingerprint density at radius 1 is 1.16 bits per heavy atom. The first-order valence-electron chi connectivity index (χ1n) is 7.33. The summed E-state index contributed by atoms with van der Waals surface area (Å²) in [6, 6.07) is 10.5. The number of aliphatic hydroxyl groups excluding tert-OH is 2. The van der Waals surface area contributed by atoms with Crippen molar-refractivity contribution in [3.63, 3.8) is 0 Å². The molecular formula is C17H16ClF2NO4. The number of hydrogen-bond acceptors (Lipinski definition) is 4. The number of aliphatic hydroxyl groups is 2. The monoisotopic (exact) mass is 371 g/mol. The summed E-state index contributed by atoms with van der Waals surface area (Å²) in [5.74, 6) is -2.19. The van der Waals surface area contributed by atoms with Gasteiger partial charge in [0, 0.05) is 11.6 Å². The van der Waals surface area contributed by atoms with E-state index in [1.54, 1.807) is 24.3 Å². The summed E-state index contributed by atoms with van der Waals surface area (Å²) < 4.78 is 32.4. The van der Waals surface area contributed by atoms with Crippen molar-refractivity contribution in [3.8, 4) is 0 Å². The fourth-order valence-electron chi connectivity index (χ4n) is 2.10. The maximum absolute atomic E-state index is 13.7. The van der Waals surface area contributed by atoms with Crippen LogP contribution in [0.5, 0.6) is 0 Å². The predicted molar refractivity (Wildman–Crippen MR) is 87.0 cm³/mol. The zero-order valence-electron chi connectivity index (χ0n) is 13.0. The first kappa shape index (κ1) is 19.1. The van der Waals surface area contributed by atoms with Gasteiger partial charge in [-0.2, -0.15) is 0 Å². The minimum atomic E-state index is -1.88. The van der Waals surface area contributed by atoms with Gasteiger partial charge < -0.3 is 20.3 Å². The van der Waals surface area contributed by atoms with Crippen molar-refractivity contribution in [2.75, 3.05) is 6.54 Å². The second kappa shape index (κ2) is 8.75. The van der Waals surface area contributed by atoms with E-state index in [1.807, 2.05) is 6.07 Å². The van der Waals surface area contributed by atoms with Gasteiger partial charge in [0.2, 0.25) is 0 Å². The SMILES string of the molecule is O=C(NCC(O)C(O)c1c(F)cc(Cl)cc1F)OCc1ccccc1. The highest BCUT2D eigenvalue weighted by Crippen LogP contribution is 2.26. The quantitative estimate of drug-likeness (QED) is 0.729. The third kappa shape index (κ3) is 5.38. The molecule has 0 fully saturated rings. The van der Waals surface area contributed by atoms with E-state index in [1.165, 1.54) is 0 Å². The summed E-state index contributed by atoms with van der Waals surface area (Å²) in [4.78, 5) is 11.6. The molecule has 134 valence electrons. The fraction of sp³-hybridized carbons (Fsp3) is 0.235. The topological polar surface area (TPSA) is 78.8 Å². The number of nitrogens with one attached hydrogen (secondary N) is 1. The molecule has 2 atom stereocenters. The van der Waals surface area contributed by atoms with Crippen molar-refractivity contribution in [1.82, 2.24) is 5.32 Å². The summed E-state index contributed by atoms with van der Waals surface area (Å²) >= 11 is 5.50. The lowest BCUT2D eigenvalue weighted by Crippen LogP contribution is -2.36. The van der Waals surface area contributed by atoms with E-state index in [-0.39, 0.29) is 11.6 Å². The van der Waals surface area contributed by atoms with Crippen LogP contribution in [-0.4, -0.2) is 29.0 Å². The van der Waals surface area contributed by atoms with Crippen molar-refractivity contribution in [2.45, 2.75) is 18.8 Å². The molecule has 5 nitrogen and oxygen atoms in total. The zero-order valence-corrected chi connectivity index (χ0v) is 13.7. The van der Waals surface area contributed by atoms with Crippen molar-refractivity contribution >= 4 is 17.7 Å². The molecule has 1 amide bonds. The molecule has 2 unspecified atom stereocenters. The molecule has 0 bridgehead atoms. The minimum absolute atomic E-state index is 0.0196. The van der Waals surface area contributed by atoms with Crippen LogP contribution in [0.15, 0.2) is 42.5 Å². The van der Waals surface area contributed by atoms with Crippen LogP contribution in [0.3, 0.4) is 0 Å². The molecule has 0 saturated heterocycles. The first-order valence-corrected chi connectivity index (χ1v) is 7.71. The number of ether oxygens (including phenoxy) is 1. The third-order valence-electron chi connectivity index (χ3n) is 3.37. The average molecular weight is 372 g/mol. The van der Waals surface area contributed by atoms with Gasteiger partial charge in [0.15, 0.2) is 0 Å². The summed E-state index contributed by atoms with van der Waals surface area (Å²) in [6.45, 7) is -0.442. The Kier molecular flexibility index (Phi) is 6.69. The van der Waals surface area contributed by atoms with Gasteiger partial charge in [-0.05, 0) is 17.7 Å². The summed E-state index contributed by atoms with van der Waals surface area (Å²) in [6.07, 6.45) is -4.37. The second-order valence-corrected chi connectivity index (χ2v) is 5.67. The van der Waals surface area contributed by atoms with Gasteiger partial charge in [-0.3, -0.25) is 0 Å². The molecule has 0 aliphatic rings. The number of alkyl carbamates (subject to hydrolysis) is 1. The van der Waals surface area contributed by atoms with Crippen LogP contribution in [0, 0.1) is 11.6 Å². The van der Waals surface area contributed by atoms with E-state index < -0.39 is 42.0 Å². The Labute approximate surface area is 147 Å². The van der Waals surface area contributed by atoms with Crippen LogP contribution >= 0.6 is 11.6 Å². The molecule has 2 aromatic carbocycles. The van der Waals surface area contributed by atoms with Crippen LogP contribution in [0.25, 0.3) is 0 Å². The molecule has 2 aromatic rings. The largest absolute Gasteiger partial charge is 0.445 e. The summed E-state index contributed by atoms with van der Waals surface area (Å²) in [5, 5.41) is 21.8. The van der Waals surface area contributed by atoms with Gasteiger partial charge in [0.05, 0.1) is 5.56 Å². The van der Waals surface area contributed by atoms with Gasteiger partial charge in [0.1, 0.15) is 30.4 Å². The van der Waals surface area contributed by atoms with Crippen LogP contribution in [0.1, 0.15) is 17.2 Å². The normalized spacial score (nSPS) is 13.2. The number of amides is 1. The van der Waals surface area contributed by atoms with Crippen molar-refractivity contribution in [1.29, 1.82) is 0 Å². The average Bonchev–Trinajstić information content (AvgIpc) is 2.57. The van der Waals surface area contributed by atoms with Crippen molar-refractivity contribution in [3.05, 3.63) is 70.2 Å². The number of carbonyl (C=O) groups excluding carboxylic acids is 1. The maximum Gasteiger partial charge on any atom is 0.407 e. The lowest BCUT2D eigenvalue weighted by molar-refractivity contribution is 0.0142. The van der Waals surface area contributed by atoms with Crippen LogP contribution in [0.2, 0.25) is 5.02 Å². The van der Waals surface area contributed by atoms with Crippen LogP contribution < -0.4 is 5.32 Å². The highest BCUT2D eigenvalue weighted by Gasteiger charge is 2.26. The standard InChI is InChI=1S/C17H16ClF2NO4/c18-11-6-12(19)15(13(20)7-11)16(23)14(22)8-21-17(24)25-9-10-4-2-1-3-5-10/h1-7,14,16,22-23H,8-9H2,(H,21,24). The maximum atomic E-state index is 13.7. The third-order valence-corrected chi connectivity index (χ3v) is 3.59. The van der Waals surface area contributed by atoms with Gasteiger partial charge in [-0.25, -0.2) is 13.6 Å². The van der Waals surface area contributed by atoms with E-state index >= 15 is 0 Å². The molecule has 0 saturated carbocycles. The molecule has 0 aromatic heterocycles. The molecular weight excluding hydrogens is 356 g/mol. The zero-order chi connectivity index (χ0) is 18.4. The van der Waals surface area contributed by atoms with E-state index in [2.05, 4.69) is 5.32 Å². The highest BCUT2D eigenvalue weighted by molar-refractivity contribution is 6.30. The minimum Gasteiger partial charge on any atom is -0.445 e. The van der Waals surface area contributed by atoms with Crippen LogP contribution in [-0.2, 0) is 11.3 Å². The van der Waals surface area contributed by atoms with Gasteiger partial charge in [0.25, 0.3) is 0 Å². The van der Waals surface area contributed by atoms with Gasteiger partial charge in [-0.1, -0.05) is 41.9 Å². The summed E-state index contributed by atoms with van der Waals surface area (Å²) in [5.41, 5.74) is 0.0416. The van der Waals surface area contributed by atoms with E-state index in [4.69, 9.17) is 16.3 Å². The van der Waals surface area contributed by atoms with Crippen LogP contribution in [0.4, 0.5) is 13.6 Å². The lowest BCUT2D eigenvalue weighted by atomic mass is 10.0. The van der Waals surface area contributed by atoms with Crippen molar-refractivity contribution < 1.29 is 28.5 Å². The van der Waals surface area contributed by atoms with E-state index in [0.717, 1.165) is 17.7 Å². The number of carbonyl (C=O) groups is 1. The molecule has 2 rings (SSSR count). The fourth-order valence-corrected chi connectivity index (χ4v) is 2.29. The Morgan fingerprint density at radius 3 is 2.36 bits per heavy atom. The smallest absolute Gasteiger partial charge is 0.407 e. The Hall–Kier alpha value is -2.22. The molecule has 0 aliphatic heterocycles. The van der Waals surface area contributed by atoms with Gasteiger partial charge >= 0.3 is 6.09 Å². The number of hydrogen-bond donors (Lipinski definition) is 3. The second-order valence-electron chi connectivity index (χ2n) is 5.24. The summed E-state index contributed by atoms with van der Waals surface area (Å²) in [7, 11) is 0. The molecule has 3 N–H and O–H groups in total. The molecule has 0 spiro atoms. The molecule has 0 radical (unpaired) electrons. The van der Waals surface area contributed by atoms with Crippen molar-refractivity contribution in [2.24, 2.45) is 0 Å². The predicted octanol–water partition coefficient (Wildman–Crippen LogP) is 2.94. The Balaban J connectivity index is 1.87. The van der Waals surface area contributed by atoms with E-state index in [0.29, 0.717) is 0 Å². The number of benzene rings is 2. The Morgan fingerprint density at radius 2 is 1.76 bits per heavy atom. The molecule has 0 aliphatic carbocycles. The number of halogens is 3. The first-order chi connectivity index (χ1) is 11.9. The van der Waals surface area contributed by atoms with Gasteiger partial charge in [-0.15, -0.1) is 0 Å². The Bertz CT molecular complexity index is 707. The molecule has 8 heteroatoms. The molecule has 0 heterocycles. The number of rotatable bonds is 6. The van der Waals surface area contributed by atoms with E-state index in [9.17, 15) is 23.8 Å².